The number of anilines is 1. The highest BCUT2D eigenvalue weighted by Gasteiger charge is 2.15. The maximum Gasteiger partial charge on any atom is 0.329 e. The van der Waals surface area contributed by atoms with Crippen molar-refractivity contribution in [2.24, 2.45) is 5.10 Å². The fourth-order valence-electron chi connectivity index (χ4n) is 1.80. The fourth-order valence-corrected chi connectivity index (χ4v) is 2.15. The summed E-state index contributed by atoms with van der Waals surface area (Å²) in [4.78, 5) is 23.6. The molecule has 9 heteroatoms. The summed E-state index contributed by atoms with van der Waals surface area (Å²) in [7, 11) is 1.41. The van der Waals surface area contributed by atoms with Gasteiger partial charge in [-0.25, -0.2) is 5.43 Å². The predicted octanol–water partition coefficient (Wildman–Crippen LogP) is 2.80. The molecular weight excluding hydrogens is 369 g/mol. The Labute approximate surface area is 153 Å². The fraction of sp³-hybridized carbons (Fsp3) is 0.0625. The summed E-state index contributed by atoms with van der Waals surface area (Å²) in [5, 5.41) is 16.2. The van der Waals surface area contributed by atoms with Crippen LogP contribution in [0, 0.1) is 0 Å². The van der Waals surface area contributed by atoms with Crippen LogP contribution in [-0.2, 0) is 9.59 Å². The number of carbonyl (C=O) groups is 2. The van der Waals surface area contributed by atoms with E-state index in [1.54, 1.807) is 30.3 Å². The van der Waals surface area contributed by atoms with Gasteiger partial charge in [0.05, 0.1) is 29.1 Å². The zero-order chi connectivity index (χ0) is 18.4. The van der Waals surface area contributed by atoms with Gasteiger partial charge in [0.15, 0.2) is 11.5 Å². The third-order valence-electron chi connectivity index (χ3n) is 3.03. The molecule has 0 atom stereocenters. The number of benzene rings is 2. The molecular formula is C16H13Cl2N3O4. The average molecular weight is 382 g/mol. The maximum atomic E-state index is 11.8. The number of halogens is 2. The molecule has 2 aromatic carbocycles. The van der Waals surface area contributed by atoms with Crippen molar-refractivity contribution >= 4 is 46.9 Å². The van der Waals surface area contributed by atoms with Crippen LogP contribution in [0.15, 0.2) is 41.5 Å². The van der Waals surface area contributed by atoms with Crippen LogP contribution in [0.5, 0.6) is 11.5 Å². The second kappa shape index (κ2) is 8.36. The number of hydrogen-bond acceptors (Lipinski definition) is 5. The van der Waals surface area contributed by atoms with Crippen LogP contribution < -0.4 is 15.5 Å². The van der Waals surface area contributed by atoms with Crippen LogP contribution in [0.1, 0.15) is 5.56 Å². The second-order valence-electron chi connectivity index (χ2n) is 4.65. The van der Waals surface area contributed by atoms with E-state index < -0.39 is 11.8 Å². The number of hydrazone groups is 1. The number of carbonyl (C=O) groups excluding carboxylic acids is 2. The van der Waals surface area contributed by atoms with Gasteiger partial charge in [0, 0.05) is 5.56 Å². The van der Waals surface area contributed by atoms with E-state index >= 15 is 0 Å². The van der Waals surface area contributed by atoms with Crippen LogP contribution in [-0.4, -0.2) is 30.2 Å². The Morgan fingerprint density at radius 3 is 2.60 bits per heavy atom. The summed E-state index contributed by atoms with van der Waals surface area (Å²) in [5.74, 6) is -1.88. The summed E-state index contributed by atoms with van der Waals surface area (Å²) in [6.07, 6.45) is 1.18. The Bertz CT molecular complexity index is 840. The third kappa shape index (κ3) is 4.62. The molecule has 0 spiro atoms. The molecule has 0 bridgehead atoms. The topological polar surface area (TPSA) is 100 Å². The second-order valence-corrected chi connectivity index (χ2v) is 5.44. The predicted molar refractivity (Wildman–Crippen MR) is 95.5 cm³/mol. The van der Waals surface area contributed by atoms with Gasteiger partial charge in [0.25, 0.3) is 0 Å². The maximum absolute atomic E-state index is 11.8. The van der Waals surface area contributed by atoms with Crippen molar-refractivity contribution in [1.29, 1.82) is 0 Å². The van der Waals surface area contributed by atoms with E-state index in [9.17, 15) is 14.7 Å². The Morgan fingerprint density at radius 1 is 1.16 bits per heavy atom. The summed E-state index contributed by atoms with van der Waals surface area (Å²) in [6, 6.07) is 9.37. The molecule has 2 aromatic rings. The lowest BCUT2D eigenvalue weighted by atomic mass is 10.2. The van der Waals surface area contributed by atoms with E-state index in [4.69, 9.17) is 27.9 Å². The van der Waals surface area contributed by atoms with Gasteiger partial charge in [-0.1, -0.05) is 35.3 Å². The molecule has 0 saturated carbocycles. The number of amides is 2. The van der Waals surface area contributed by atoms with E-state index in [2.05, 4.69) is 10.4 Å². The van der Waals surface area contributed by atoms with Gasteiger partial charge < -0.3 is 15.2 Å². The molecule has 3 N–H and O–H groups in total. The molecule has 0 aromatic heterocycles. The molecule has 0 aliphatic rings. The number of aromatic hydroxyl groups is 1. The molecule has 2 amide bonds. The molecule has 2 rings (SSSR count). The Kier molecular flexibility index (Phi) is 6.21. The number of phenolic OH excluding ortho intramolecular Hbond substituents is 1. The van der Waals surface area contributed by atoms with Crippen molar-refractivity contribution in [2.45, 2.75) is 0 Å². The van der Waals surface area contributed by atoms with Crippen LogP contribution in [0.4, 0.5) is 5.69 Å². The van der Waals surface area contributed by atoms with Crippen molar-refractivity contribution in [2.75, 3.05) is 12.4 Å². The van der Waals surface area contributed by atoms with Crippen molar-refractivity contribution in [3.05, 3.63) is 52.0 Å². The van der Waals surface area contributed by atoms with Gasteiger partial charge in [-0.3, -0.25) is 9.59 Å². The van der Waals surface area contributed by atoms with Gasteiger partial charge in [-0.2, -0.15) is 5.10 Å². The Morgan fingerprint density at radius 2 is 1.88 bits per heavy atom. The van der Waals surface area contributed by atoms with Gasteiger partial charge >= 0.3 is 11.8 Å². The van der Waals surface area contributed by atoms with Crippen molar-refractivity contribution in [3.8, 4) is 11.5 Å². The van der Waals surface area contributed by atoms with Gasteiger partial charge in [-0.05, 0) is 24.3 Å². The highest BCUT2D eigenvalue weighted by molar-refractivity contribution is 6.45. The molecule has 0 fully saturated rings. The number of nitrogens with one attached hydrogen (secondary N) is 2. The third-order valence-corrected chi connectivity index (χ3v) is 3.84. The first-order valence-electron chi connectivity index (χ1n) is 6.88. The molecule has 7 nitrogen and oxygen atoms in total. The van der Waals surface area contributed by atoms with Crippen molar-refractivity contribution < 1.29 is 19.4 Å². The number of methoxy groups -OCH3 is 1. The minimum absolute atomic E-state index is 0.120. The van der Waals surface area contributed by atoms with Crippen molar-refractivity contribution in [1.82, 2.24) is 5.43 Å². The summed E-state index contributed by atoms with van der Waals surface area (Å²) >= 11 is 11.8. The average Bonchev–Trinajstić information content (AvgIpc) is 2.60. The summed E-state index contributed by atoms with van der Waals surface area (Å²) < 4.78 is 4.95. The molecule has 0 heterocycles. The smallest absolute Gasteiger partial charge is 0.329 e. The van der Waals surface area contributed by atoms with E-state index in [0.717, 1.165) is 0 Å². The summed E-state index contributed by atoms with van der Waals surface area (Å²) in [6.45, 7) is 0. The molecule has 25 heavy (non-hydrogen) atoms. The Hall–Kier alpha value is -2.77. The van der Waals surface area contributed by atoms with E-state index in [1.807, 2.05) is 5.43 Å². The quantitative estimate of drug-likeness (QED) is 0.430. The SMILES string of the molecule is COc1cccc(/C=N\NC(=O)C(=O)Nc2cccc(Cl)c2Cl)c1O. The first-order chi connectivity index (χ1) is 11.9. The Balaban J connectivity index is 2.00. The largest absolute Gasteiger partial charge is 0.504 e. The zero-order valence-corrected chi connectivity index (χ0v) is 14.4. The minimum Gasteiger partial charge on any atom is -0.504 e. The van der Waals surface area contributed by atoms with E-state index in [1.165, 1.54) is 19.4 Å². The number of phenols is 1. The van der Waals surface area contributed by atoms with Crippen LogP contribution in [0.3, 0.4) is 0 Å². The monoisotopic (exact) mass is 381 g/mol. The number of hydrogen-bond donors (Lipinski definition) is 3. The van der Waals surface area contributed by atoms with Crippen molar-refractivity contribution in [3.63, 3.8) is 0 Å². The van der Waals surface area contributed by atoms with Gasteiger partial charge in [0.2, 0.25) is 0 Å². The van der Waals surface area contributed by atoms with Crippen LogP contribution in [0.25, 0.3) is 0 Å². The number of rotatable bonds is 4. The zero-order valence-electron chi connectivity index (χ0n) is 12.9. The standard InChI is InChI=1S/C16H13Cl2N3O4/c1-25-12-7-2-4-9(14(12)22)8-19-21-16(24)15(23)20-11-6-3-5-10(17)13(11)18/h2-8,22H,1H3,(H,20,23)(H,21,24)/b19-8-. The van der Waals surface area contributed by atoms with E-state index in [0.29, 0.717) is 5.56 Å². The van der Waals surface area contributed by atoms with Gasteiger partial charge in [-0.15, -0.1) is 0 Å². The number of nitrogens with zero attached hydrogens (tertiary/aromatic N) is 1. The molecule has 0 radical (unpaired) electrons. The van der Waals surface area contributed by atoms with Crippen LogP contribution in [0.2, 0.25) is 10.0 Å². The molecule has 0 saturated heterocycles. The van der Waals surface area contributed by atoms with Crippen LogP contribution >= 0.6 is 23.2 Å². The molecule has 0 aliphatic heterocycles. The lowest BCUT2D eigenvalue weighted by molar-refractivity contribution is -0.136. The molecule has 0 unspecified atom stereocenters. The lowest BCUT2D eigenvalue weighted by Crippen LogP contribution is -2.32. The highest BCUT2D eigenvalue weighted by Crippen LogP contribution is 2.29. The first kappa shape index (κ1) is 18.6. The molecule has 0 aliphatic carbocycles. The first-order valence-corrected chi connectivity index (χ1v) is 7.64. The normalized spacial score (nSPS) is 10.5. The van der Waals surface area contributed by atoms with Gasteiger partial charge in [0.1, 0.15) is 0 Å². The number of para-hydroxylation sites is 1. The lowest BCUT2D eigenvalue weighted by Gasteiger charge is -2.07. The highest BCUT2D eigenvalue weighted by atomic mass is 35.5. The van der Waals surface area contributed by atoms with E-state index in [-0.39, 0.29) is 27.2 Å². The molecule has 130 valence electrons. The minimum atomic E-state index is -1.02. The number of ether oxygens (including phenoxy) is 1. The summed E-state index contributed by atoms with van der Waals surface area (Å²) in [5.41, 5.74) is 2.54.